The Labute approximate surface area is 180 Å². The van der Waals surface area contributed by atoms with Crippen molar-refractivity contribution >= 4 is 17.4 Å². The van der Waals surface area contributed by atoms with Crippen molar-refractivity contribution in [2.45, 2.75) is 25.9 Å². The first-order valence-corrected chi connectivity index (χ1v) is 10.3. The Morgan fingerprint density at radius 1 is 1.19 bits per heavy atom. The summed E-state index contributed by atoms with van der Waals surface area (Å²) in [5.74, 6) is 0.493. The van der Waals surface area contributed by atoms with Crippen LogP contribution in [0, 0.1) is 12.7 Å². The summed E-state index contributed by atoms with van der Waals surface area (Å²) in [6.45, 7) is 4.30. The van der Waals surface area contributed by atoms with Crippen LogP contribution in [0.2, 0.25) is 0 Å². The number of aryl methyl sites for hydroxylation is 1. The van der Waals surface area contributed by atoms with Gasteiger partial charge in [0.05, 0.1) is 5.56 Å². The number of nitrogens with one attached hydrogen (secondary N) is 2. The number of phenols is 1. The molecule has 0 spiro atoms. The Morgan fingerprint density at radius 2 is 2.00 bits per heavy atom. The number of phenolic OH excluding ortho intramolecular Hbond substituents is 1. The summed E-state index contributed by atoms with van der Waals surface area (Å²) in [6.07, 6.45) is 2.53. The molecule has 1 aliphatic heterocycles. The van der Waals surface area contributed by atoms with E-state index in [-0.39, 0.29) is 11.7 Å². The van der Waals surface area contributed by atoms with Crippen molar-refractivity contribution in [1.82, 2.24) is 10.3 Å². The lowest BCUT2D eigenvalue weighted by atomic mass is 10.1. The molecule has 0 aliphatic carbocycles. The van der Waals surface area contributed by atoms with Crippen LogP contribution in [-0.4, -0.2) is 35.1 Å². The zero-order valence-corrected chi connectivity index (χ0v) is 17.3. The summed E-state index contributed by atoms with van der Waals surface area (Å²) in [6, 6.07) is 15.1. The Morgan fingerprint density at radius 3 is 2.74 bits per heavy atom. The number of carbonyl (C=O) groups is 1. The number of nitrogens with zero attached hydrogens (tertiary/aromatic N) is 2. The highest BCUT2D eigenvalue weighted by molar-refractivity contribution is 6.04. The second-order valence-corrected chi connectivity index (χ2v) is 7.81. The van der Waals surface area contributed by atoms with Crippen LogP contribution in [0.25, 0.3) is 0 Å². The van der Waals surface area contributed by atoms with E-state index in [1.165, 1.54) is 24.3 Å². The van der Waals surface area contributed by atoms with Gasteiger partial charge in [0.1, 0.15) is 17.4 Å². The van der Waals surface area contributed by atoms with E-state index < -0.39 is 0 Å². The van der Waals surface area contributed by atoms with Crippen LogP contribution in [-0.2, 0) is 6.54 Å². The number of amides is 1. The standard InChI is InChI=1S/C24H25FN4O2/c1-16-2-8-22(30)18(12-16)14-26-21-10-11-29(15-21)23-9-3-17(13-27-23)24(31)28-20-6-4-19(25)5-7-20/h2-9,12-13,21,26,30H,10-11,14-15H2,1H3,(H,28,31)/t21-/m0/s1. The minimum absolute atomic E-state index is 0.287. The number of halogens is 1. The van der Waals surface area contributed by atoms with Gasteiger partial charge >= 0.3 is 0 Å². The number of aromatic hydroxyl groups is 1. The van der Waals surface area contributed by atoms with E-state index >= 15 is 0 Å². The Balaban J connectivity index is 1.31. The lowest BCUT2D eigenvalue weighted by Crippen LogP contribution is -2.32. The van der Waals surface area contributed by atoms with Crippen LogP contribution in [0.3, 0.4) is 0 Å². The zero-order valence-electron chi connectivity index (χ0n) is 17.3. The second-order valence-electron chi connectivity index (χ2n) is 7.81. The highest BCUT2D eigenvalue weighted by atomic mass is 19.1. The number of rotatable bonds is 6. The van der Waals surface area contributed by atoms with Gasteiger partial charge in [-0.05, 0) is 55.8 Å². The maximum Gasteiger partial charge on any atom is 0.257 e. The Hall–Kier alpha value is -3.45. The average Bonchev–Trinajstić information content (AvgIpc) is 3.25. The normalized spacial score (nSPS) is 15.8. The average molecular weight is 420 g/mol. The predicted molar refractivity (Wildman–Crippen MR) is 119 cm³/mol. The van der Waals surface area contributed by atoms with Crippen LogP contribution >= 0.6 is 0 Å². The van der Waals surface area contributed by atoms with Gasteiger partial charge in [-0.1, -0.05) is 17.7 Å². The third-order valence-electron chi connectivity index (χ3n) is 5.44. The van der Waals surface area contributed by atoms with Crippen LogP contribution < -0.4 is 15.5 Å². The molecule has 31 heavy (non-hydrogen) atoms. The molecule has 1 saturated heterocycles. The van der Waals surface area contributed by atoms with E-state index in [2.05, 4.69) is 20.5 Å². The number of benzene rings is 2. The third kappa shape index (κ3) is 5.19. The van der Waals surface area contributed by atoms with Gasteiger partial charge in [-0.25, -0.2) is 9.37 Å². The molecule has 2 aromatic carbocycles. The number of anilines is 2. The molecule has 160 valence electrons. The fraction of sp³-hybridized carbons (Fsp3) is 0.250. The second kappa shape index (κ2) is 9.14. The van der Waals surface area contributed by atoms with Crippen LogP contribution in [0.15, 0.2) is 60.8 Å². The summed E-state index contributed by atoms with van der Waals surface area (Å²) < 4.78 is 13.0. The predicted octanol–water partition coefficient (Wildman–Crippen LogP) is 3.86. The molecule has 7 heteroatoms. The summed E-state index contributed by atoms with van der Waals surface area (Å²) in [4.78, 5) is 19.0. The van der Waals surface area contributed by atoms with Gasteiger partial charge in [0.25, 0.3) is 5.91 Å². The summed E-state index contributed by atoms with van der Waals surface area (Å²) in [5, 5.41) is 16.2. The molecule has 1 atom stereocenters. The molecule has 1 aliphatic rings. The highest BCUT2D eigenvalue weighted by Gasteiger charge is 2.23. The largest absolute Gasteiger partial charge is 0.508 e. The minimum atomic E-state index is -0.349. The zero-order chi connectivity index (χ0) is 21.8. The Bertz CT molecular complexity index is 1050. The van der Waals surface area contributed by atoms with Crippen molar-refractivity contribution in [3.8, 4) is 5.75 Å². The first kappa shape index (κ1) is 20.8. The van der Waals surface area contributed by atoms with Crippen molar-refractivity contribution in [1.29, 1.82) is 0 Å². The van der Waals surface area contributed by atoms with Gasteiger partial charge in [-0.3, -0.25) is 4.79 Å². The molecule has 0 unspecified atom stereocenters. The molecule has 0 bridgehead atoms. The van der Waals surface area contributed by atoms with Crippen molar-refractivity contribution in [2.75, 3.05) is 23.3 Å². The van der Waals surface area contributed by atoms with Crippen LogP contribution in [0.4, 0.5) is 15.9 Å². The molecule has 6 nitrogen and oxygen atoms in total. The topological polar surface area (TPSA) is 77.5 Å². The fourth-order valence-corrected chi connectivity index (χ4v) is 3.69. The summed E-state index contributed by atoms with van der Waals surface area (Å²) in [5.41, 5.74) is 2.99. The first-order chi connectivity index (χ1) is 15.0. The lowest BCUT2D eigenvalue weighted by molar-refractivity contribution is 0.102. The molecule has 1 aromatic heterocycles. The molecule has 1 fully saturated rings. The minimum Gasteiger partial charge on any atom is -0.508 e. The van der Waals surface area contributed by atoms with Gasteiger partial charge in [0, 0.05) is 43.1 Å². The number of pyridine rings is 1. The monoisotopic (exact) mass is 420 g/mol. The summed E-state index contributed by atoms with van der Waals surface area (Å²) in [7, 11) is 0. The summed E-state index contributed by atoms with van der Waals surface area (Å²) >= 11 is 0. The third-order valence-corrected chi connectivity index (χ3v) is 5.44. The van der Waals surface area contributed by atoms with Crippen LogP contribution in [0.1, 0.15) is 27.9 Å². The fourth-order valence-electron chi connectivity index (χ4n) is 3.69. The molecule has 0 saturated carbocycles. The van der Waals surface area contributed by atoms with Gasteiger partial charge < -0.3 is 20.6 Å². The number of aromatic nitrogens is 1. The first-order valence-electron chi connectivity index (χ1n) is 10.3. The molecule has 0 radical (unpaired) electrons. The quantitative estimate of drug-likeness (QED) is 0.565. The molecule has 2 heterocycles. The maximum atomic E-state index is 13.0. The van der Waals surface area contributed by atoms with Crippen molar-refractivity contribution in [3.05, 3.63) is 83.3 Å². The van der Waals surface area contributed by atoms with E-state index in [1.54, 1.807) is 18.3 Å². The molecular formula is C24H25FN4O2. The van der Waals surface area contributed by atoms with Gasteiger partial charge in [0.15, 0.2) is 0 Å². The Kier molecular flexibility index (Phi) is 6.13. The van der Waals surface area contributed by atoms with Crippen molar-refractivity contribution in [2.24, 2.45) is 0 Å². The van der Waals surface area contributed by atoms with Gasteiger partial charge in [0.2, 0.25) is 0 Å². The van der Waals surface area contributed by atoms with E-state index in [0.29, 0.717) is 29.6 Å². The molecular weight excluding hydrogens is 395 g/mol. The molecule has 3 N–H and O–H groups in total. The van der Waals surface area contributed by atoms with Crippen molar-refractivity contribution in [3.63, 3.8) is 0 Å². The molecule has 3 aromatic rings. The molecule has 4 rings (SSSR count). The smallest absolute Gasteiger partial charge is 0.257 e. The van der Waals surface area contributed by atoms with Crippen LogP contribution in [0.5, 0.6) is 5.75 Å². The number of hydrogen-bond donors (Lipinski definition) is 3. The maximum absolute atomic E-state index is 13.0. The van der Waals surface area contributed by atoms with E-state index in [4.69, 9.17) is 0 Å². The van der Waals surface area contributed by atoms with E-state index in [1.807, 2.05) is 25.1 Å². The van der Waals surface area contributed by atoms with E-state index in [9.17, 15) is 14.3 Å². The molecule has 1 amide bonds. The number of hydrogen-bond acceptors (Lipinski definition) is 5. The SMILES string of the molecule is Cc1ccc(O)c(CN[C@H]2CCN(c3ccc(C(=O)Nc4ccc(F)cc4)cn3)C2)c1. The van der Waals surface area contributed by atoms with Crippen molar-refractivity contribution < 1.29 is 14.3 Å². The highest BCUT2D eigenvalue weighted by Crippen LogP contribution is 2.21. The van der Waals surface area contributed by atoms with Gasteiger partial charge in [-0.15, -0.1) is 0 Å². The lowest BCUT2D eigenvalue weighted by Gasteiger charge is -2.18. The van der Waals surface area contributed by atoms with Gasteiger partial charge in [-0.2, -0.15) is 0 Å². The number of carbonyl (C=O) groups excluding carboxylic acids is 1. The van der Waals surface area contributed by atoms with E-state index in [0.717, 1.165) is 36.5 Å².